The van der Waals surface area contributed by atoms with Crippen molar-refractivity contribution in [2.24, 2.45) is 0 Å². The normalized spacial score (nSPS) is 20.7. The van der Waals surface area contributed by atoms with E-state index in [0.717, 1.165) is 11.3 Å². The van der Waals surface area contributed by atoms with Crippen LogP contribution in [0.15, 0.2) is 11.6 Å². The molecule has 1 fully saturated rings. The average Bonchev–Trinajstić information content (AvgIpc) is 3.06. The SMILES string of the molecule is COC(=O)c1ncsc1C1=CCN2CC1N(OS(=O)(=O)O)C2=O. The second kappa shape index (κ2) is 5.56. The van der Waals surface area contributed by atoms with E-state index in [1.165, 1.54) is 17.5 Å². The molecule has 10 nitrogen and oxygen atoms in total. The Morgan fingerprint density at radius 2 is 2.26 bits per heavy atom. The molecule has 0 aromatic carbocycles. The Morgan fingerprint density at radius 3 is 2.91 bits per heavy atom. The first-order valence-corrected chi connectivity index (χ1v) is 8.53. The van der Waals surface area contributed by atoms with Crippen molar-refractivity contribution in [3.05, 3.63) is 22.2 Å². The van der Waals surface area contributed by atoms with Crippen molar-refractivity contribution in [3.63, 3.8) is 0 Å². The number of esters is 1. The fourth-order valence-corrected chi connectivity index (χ4v) is 3.72. The van der Waals surface area contributed by atoms with Crippen molar-refractivity contribution in [2.45, 2.75) is 6.04 Å². The van der Waals surface area contributed by atoms with Gasteiger partial charge < -0.3 is 9.64 Å². The van der Waals surface area contributed by atoms with Gasteiger partial charge in [-0.15, -0.1) is 15.6 Å². The molecule has 124 valence electrons. The van der Waals surface area contributed by atoms with Crippen LogP contribution in [0.2, 0.25) is 0 Å². The average molecular weight is 361 g/mol. The van der Waals surface area contributed by atoms with Crippen LogP contribution in [-0.4, -0.2) is 66.2 Å². The van der Waals surface area contributed by atoms with Crippen molar-refractivity contribution < 1.29 is 31.6 Å². The first kappa shape index (κ1) is 15.9. The lowest BCUT2D eigenvalue weighted by Gasteiger charge is -2.23. The quantitative estimate of drug-likeness (QED) is 0.594. The number of fused-ring (bicyclic) bond motifs is 2. The highest BCUT2D eigenvalue weighted by molar-refractivity contribution is 7.80. The number of amides is 2. The van der Waals surface area contributed by atoms with Gasteiger partial charge in [-0.3, -0.25) is 4.55 Å². The van der Waals surface area contributed by atoms with Gasteiger partial charge in [0.05, 0.1) is 24.0 Å². The van der Waals surface area contributed by atoms with Gasteiger partial charge in [-0.1, -0.05) is 6.08 Å². The second-order valence-electron chi connectivity index (χ2n) is 4.71. The first-order valence-electron chi connectivity index (χ1n) is 6.29. The van der Waals surface area contributed by atoms with Gasteiger partial charge in [0.25, 0.3) is 0 Å². The number of thiazole rings is 1. The molecule has 1 aromatic rings. The highest BCUT2D eigenvalue weighted by Crippen LogP contribution is 2.36. The van der Waals surface area contributed by atoms with E-state index in [-0.39, 0.29) is 18.8 Å². The summed E-state index contributed by atoms with van der Waals surface area (Å²) in [5, 5.41) is 0.578. The molecule has 2 amide bonds. The minimum Gasteiger partial charge on any atom is -0.464 e. The van der Waals surface area contributed by atoms with E-state index < -0.39 is 28.4 Å². The minimum absolute atomic E-state index is 0.0726. The molecule has 1 saturated heterocycles. The molecule has 2 aliphatic heterocycles. The molecule has 1 N–H and O–H groups in total. The van der Waals surface area contributed by atoms with Crippen LogP contribution >= 0.6 is 11.3 Å². The smallest absolute Gasteiger partial charge is 0.418 e. The Labute approximate surface area is 134 Å². The maximum Gasteiger partial charge on any atom is 0.418 e. The number of aromatic nitrogens is 1. The van der Waals surface area contributed by atoms with E-state index in [9.17, 15) is 18.0 Å². The molecule has 2 aliphatic rings. The number of hydrogen-bond donors (Lipinski definition) is 1. The predicted octanol–water partition coefficient (Wildman–Crippen LogP) is 0.167. The van der Waals surface area contributed by atoms with Crippen LogP contribution in [0.1, 0.15) is 15.4 Å². The molecule has 1 aromatic heterocycles. The van der Waals surface area contributed by atoms with Crippen molar-refractivity contribution in [2.75, 3.05) is 20.2 Å². The molecule has 1 atom stereocenters. The molecule has 23 heavy (non-hydrogen) atoms. The summed E-state index contributed by atoms with van der Waals surface area (Å²) >= 11 is 1.15. The number of nitrogens with zero attached hydrogens (tertiary/aromatic N) is 3. The van der Waals surface area contributed by atoms with Gasteiger partial charge in [-0.05, 0) is 5.57 Å². The summed E-state index contributed by atoms with van der Waals surface area (Å²) in [5.74, 6) is -0.642. The summed E-state index contributed by atoms with van der Waals surface area (Å²) in [6.45, 7) is 0.382. The number of hydrogen-bond acceptors (Lipinski definition) is 8. The molecule has 12 heteroatoms. The van der Waals surface area contributed by atoms with Crippen LogP contribution in [0.4, 0.5) is 4.79 Å². The molecule has 0 saturated carbocycles. The van der Waals surface area contributed by atoms with E-state index in [0.29, 0.717) is 15.5 Å². The van der Waals surface area contributed by atoms with E-state index in [2.05, 4.69) is 14.0 Å². The van der Waals surface area contributed by atoms with Crippen molar-refractivity contribution in [1.29, 1.82) is 0 Å². The molecular formula is C11H11N3O7S2. The molecule has 3 rings (SSSR count). The number of urea groups is 1. The van der Waals surface area contributed by atoms with E-state index in [1.807, 2.05) is 0 Å². The second-order valence-corrected chi connectivity index (χ2v) is 6.57. The largest absolute Gasteiger partial charge is 0.464 e. The van der Waals surface area contributed by atoms with Gasteiger partial charge in [0.15, 0.2) is 5.69 Å². The topological polar surface area (TPSA) is 126 Å². The summed E-state index contributed by atoms with van der Waals surface area (Å²) in [4.78, 5) is 29.6. The summed E-state index contributed by atoms with van der Waals surface area (Å²) in [5.41, 5.74) is 2.03. The Balaban J connectivity index is 1.99. The summed E-state index contributed by atoms with van der Waals surface area (Å²) in [6.07, 6.45) is 1.68. The number of carbonyl (C=O) groups excluding carboxylic acids is 2. The van der Waals surface area contributed by atoms with E-state index in [1.54, 1.807) is 6.08 Å². The first-order chi connectivity index (χ1) is 10.8. The fourth-order valence-electron chi connectivity index (χ4n) is 2.48. The number of methoxy groups -OCH3 is 1. The monoisotopic (exact) mass is 361 g/mol. The molecule has 0 spiro atoms. The zero-order valence-electron chi connectivity index (χ0n) is 11.7. The molecular weight excluding hydrogens is 350 g/mol. The third-order valence-corrected chi connectivity index (χ3v) is 4.63. The van der Waals surface area contributed by atoms with Crippen molar-refractivity contribution >= 4 is 39.3 Å². The third-order valence-electron chi connectivity index (χ3n) is 3.41. The Hall–Kier alpha value is -2.02. The summed E-state index contributed by atoms with van der Waals surface area (Å²) in [6, 6.07) is -1.48. The zero-order valence-corrected chi connectivity index (χ0v) is 13.3. The summed E-state index contributed by atoms with van der Waals surface area (Å²) < 4.78 is 39.8. The minimum atomic E-state index is -4.86. The molecule has 3 heterocycles. The zero-order chi connectivity index (χ0) is 16.8. The number of carbonyl (C=O) groups is 2. The van der Waals surface area contributed by atoms with Gasteiger partial charge in [-0.25, -0.2) is 14.6 Å². The fraction of sp³-hybridized carbons (Fsp3) is 0.364. The van der Waals surface area contributed by atoms with Crippen molar-refractivity contribution in [3.8, 4) is 0 Å². The van der Waals surface area contributed by atoms with E-state index in [4.69, 9.17) is 4.55 Å². The Kier molecular flexibility index (Phi) is 3.83. The highest BCUT2D eigenvalue weighted by atomic mass is 32.3. The van der Waals surface area contributed by atoms with Crippen LogP contribution in [0.25, 0.3) is 5.57 Å². The number of rotatable bonds is 4. The van der Waals surface area contributed by atoms with Crippen LogP contribution in [0.3, 0.4) is 0 Å². The lowest BCUT2D eigenvalue weighted by Crippen LogP contribution is -2.36. The maximum atomic E-state index is 12.1. The van der Waals surface area contributed by atoms with Gasteiger partial charge >= 0.3 is 22.4 Å². The van der Waals surface area contributed by atoms with Gasteiger partial charge in [0.2, 0.25) is 0 Å². The van der Waals surface area contributed by atoms with E-state index >= 15 is 0 Å². The van der Waals surface area contributed by atoms with Gasteiger partial charge in [0.1, 0.15) is 6.04 Å². The lowest BCUT2D eigenvalue weighted by molar-refractivity contribution is -0.0159. The molecule has 0 radical (unpaired) electrons. The molecule has 1 unspecified atom stereocenters. The highest BCUT2D eigenvalue weighted by Gasteiger charge is 2.46. The Bertz CT molecular complexity index is 800. The molecule has 2 bridgehead atoms. The van der Waals surface area contributed by atoms with Gasteiger partial charge in [-0.2, -0.15) is 13.5 Å². The van der Waals surface area contributed by atoms with Crippen LogP contribution in [0.5, 0.6) is 0 Å². The third kappa shape index (κ3) is 2.81. The van der Waals surface area contributed by atoms with Gasteiger partial charge in [0, 0.05) is 6.54 Å². The molecule has 0 aliphatic carbocycles. The van der Waals surface area contributed by atoms with Crippen molar-refractivity contribution in [1.82, 2.24) is 14.9 Å². The van der Waals surface area contributed by atoms with Crippen LogP contribution in [0, 0.1) is 0 Å². The standard InChI is InChI=1S/C11H11N3O7S2/c1-20-10(15)8-9(22-5-12-8)6-2-3-13-4-7(6)14(11(13)16)21-23(17,18)19/h2,5,7H,3-4H2,1H3,(H,17,18,19). The van der Waals surface area contributed by atoms with Crippen LogP contribution < -0.4 is 0 Å². The Morgan fingerprint density at radius 1 is 1.52 bits per heavy atom. The summed E-state index contributed by atoms with van der Waals surface area (Å²) in [7, 11) is -3.64. The predicted molar refractivity (Wildman–Crippen MR) is 76.7 cm³/mol. The maximum absolute atomic E-state index is 12.1. The lowest BCUT2D eigenvalue weighted by atomic mass is 10.0. The number of ether oxygens (including phenoxy) is 1. The van der Waals surface area contributed by atoms with Crippen LogP contribution in [-0.2, 0) is 19.4 Å². The number of hydroxylamine groups is 2.